The zero-order valence-electron chi connectivity index (χ0n) is 16.5. The highest BCUT2D eigenvalue weighted by Gasteiger charge is 2.52. The molecule has 0 saturated carbocycles. The van der Waals surface area contributed by atoms with Crippen LogP contribution in [0.2, 0.25) is 0 Å². The van der Waals surface area contributed by atoms with E-state index in [4.69, 9.17) is 23.7 Å². The molecule has 5 atom stereocenters. The lowest BCUT2D eigenvalue weighted by molar-refractivity contribution is -0.252. The van der Waals surface area contributed by atoms with Gasteiger partial charge in [0.2, 0.25) is 0 Å². The Labute approximate surface area is 173 Å². The molecule has 1 rings (SSSR count). The lowest BCUT2D eigenvalue weighted by atomic mass is 9.91. The summed E-state index contributed by atoms with van der Waals surface area (Å²) in [5.74, 6) is -3.18. The zero-order chi connectivity index (χ0) is 22.1. The van der Waals surface area contributed by atoms with Gasteiger partial charge in [0.25, 0.3) is 0 Å². The largest absolute Gasteiger partial charge is 0.463 e. The topological polar surface area (TPSA) is 132 Å². The molecule has 1 heterocycles. The third-order valence-electron chi connectivity index (χ3n) is 3.79. The highest BCUT2D eigenvalue weighted by atomic mass is 32.1. The van der Waals surface area contributed by atoms with Crippen LogP contribution in [0, 0.1) is 0 Å². The molecule has 0 aromatic carbocycles. The highest BCUT2D eigenvalue weighted by molar-refractivity contribution is 7.79. The van der Waals surface area contributed by atoms with Crippen molar-refractivity contribution in [2.24, 2.45) is 0 Å². The van der Waals surface area contributed by atoms with Gasteiger partial charge in [-0.05, 0) is 0 Å². The normalized spacial score (nSPS) is 26.0. The van der Waals surface area contributed by atoms with Gasteiger partial charge >= 0.3 is 23.9 Å². The molecule has 11 heteroatoms. The molecule has 1 fully saturated rings. The first kappa shape index (κ1) is 24.6. The number of esters is 4. The lowest BCUT2D eigenvalue weighted by Crippen LogP contribution is -2.62. The Kier molecular flexibility index (Phi) is 9.83. The van der Waals surface area contributed by atoms with Crippen LogP contribution in [-0.2, 0) is 47.7 Å². The quantitative estimate of drug-likeness (QED) is 0.284. The van der Waals surface area contributed by atoms with E-state index < -0.39 is 54.4 Å². The maximum Gasteiger partial charge on any atom is 0.303 e. The molecular formula is C18H23O10S. The van der Waals surface area contributed by atoms with E-state index in [9.17, 15) is 24.0 Å². The summed E-state index contributed by atoms with van der Waals surface area (Å²) in [6.07, 6.45) is -6.32. The van der Waals surface area contributed by atoms with Crippen LogP contribution in [0.25, 0.3) is 0 Å². The summed E-state index contributed by atoms with van der Waals surface area (Å²) in [6, 6.07) is 0. The van der Waals surface area contributed by atoms with Crippen molar-refractivity contribution in [3.63, 3.8) is 0 Å². The van der Waals surface area contributed by atoms with E-state index in [-0.39, 0.29) is 25.2 Å². The fraction of sp³-hybridized carbons (Fsp3) is 0.667. The van der Waals surface area contributed by atoms with E-state index >= 15 is 0 Å². The number of Topliss-reactive ketones (excluding diaryl/α,β-unsaturated/α-hetero) is 1. The van der Waals surface area contributed by atoms with E-state index in [1.807, 2.05) is 0 Å². The van der Waals surface area contributed by atoms with Gasteiger partial charge in [-0.25, -0.2) is 0 Å². The van der Waals surface area contributed by atoms with Gasteiger partial charge in [-0.15, -0.1) is 0 Å². The highest BCUT2D eigenvalue weighted by Crippen LogP contribution is 2.31. The van der Waals surface area contributed by atoms with E-state index in [0.717, 1.165) is 20.8 Å². The molecule has 0 N–H and O–H groups in total. The SMILES string of the molecule is CC(=O)OC[C@H]1O[C@@H](CC(=O)C[C]=S)[C@H](OC(C)=O)[C@@H](OC(C)=O)[C@H]1OC(C)=O. The van der Waals surface area contributed by atoms with Crippen LogP contribution in [0.5, 0.6) is 0 Å². The van der Waals surface area contributed by atoms with Gasteiger partial charge < -0.3 is 23.7 Å². The Balaban J connectivity index is 3.31. The molecule has 1 aliphatic heterocycles. The number of rotatable bonds is 9. The maximum absolute atomic E-state index is 12.1. The molecule has 1 saturated heterocycles. The van der Waals surface area contributed by atoms with Crippen molar-refractivity contribution in [3.8, 4) is 0 Å². The van der Waals surface area contributed by atoms with Crippen molar-refractivity contribution in [2.75, 3.05) is 6.61 Å². The van der Waals surface area contributed by atoms with Crippen LogP contribution in [0.4, 0.5) is 0 Å². The number of hydrogen-bond acceptors (Lipinski definition) is 11. The standard InChI is InChI=1S/C18H23O10S/c1-9(19)24-8-15-17(26-11(3)21)18(27-12(4)22)16(25-10(2)20)14(28-15)7-13(23)5-6-29/h14-18H,5,7-8H2,1-4H3/t14-,15+,16-,17-,18+/m0/s1. The lowest BCUT2D eigenvalue weighted by Gasteiger charge is -2.44. The number of thiocarbonyl (C=S) groups is 1. The smallest absolute Gasteiger partial charge is 0.303 e. The van der Waals surface area contributed by atoms with Crippen LogP contribution >= 0.6 is 12.2 Å². The fourth-order valence-corrected chi connectivity index (χ4v) is 3.02. The molecule has 161 valence electrons. The van der Waals surface area contributed by atoms with E-state index in [0.29, 0.717) is 0 Å². The van der Waals surface area contributed by atoms with Crippen molar-refractivity contribution in [3.05, 3.63) is 0 Å². The molecule has 0 amide bonds. The summed E-state index contributed by atoms with van der Waals surface area (Å²) in [7, 11) is 0. The Morgan fingerprint density at radius 1 is 0.793 bits per heavy atom. The second-order valence-corrected chi connectivity index (χ2v) is 6.59. The molecule has 0 spiro atoms. The first-order valence-electron chi connectivity index (χ1n) is 8.72. The van der Waals surface area contributed by atoms with Crippen LogP contribution in [0.15, 0.2) is 0 Å². The number of hydrogen-bond donors (Lipinski definition) is 0. The van der Waals surface area contributed by atoms with Gasteiger partial charge in [-0.1, -0.05) is 12.2 Å². The Hall–Kier alpha value is -2.40. The minimum absolute atomic E-state index is 0.151. The Bertz CT molecular complexity index is 661. The summed E-state index contributed by atoms with van der Waals surface area (Å²) in [5, 5.41) is 2.29. The summed E-state index contributed by atoms with van der Waals surface area (Å²) in [4.78, 5) is 58.2. The number of ether oxygens (including phenoxy) is 5. The molecule has 0 aliphatic carbocycles. The maximum atomic E-state index is 12.1. The molecule has 0 unspecified atom stereocenters. The summed E-state index contributed by atoms with van der Waals surface area (Å²) in [5.41, 5.74) is 0. The van der Waals surface area contributed by atoms with Crippen molar-refractivity contribution in [2.45, 2.75) is 71.1 Å². The molecule has 0 aromatic heterocycles. The second kappa shape index (κ2) is 11.6. The third-order valence-corrected chi connectivity index (χ3v) is 3.93. The summed E-state index contributed by atoms with van der Waals surface area (Å²) < 4.78 is 26.5. The molecule has 0 aromatic rings. The van der Waals surface area contributed by atoms with Crippen molar-refractivity contribution in [1.29, 1.82) is 0 Å². The molecular weight excluding hydrogens is 408 g/mol. The molecule has 29 heavy (non-hydrogen) atoms. The van der Waals surface area contributed by atoms with E-state index in [2.05, 4.69) is 17.6 Å². The Morgan fingerprint density at radius 3 is 1.72 bits per heavy atom. The predicted octanol–water partition coefficient (Wildman–Crippen LogP) is 0.338. The fourth-order valence-electron chi connectivity index (χ4n) is 2.86. The monoisotopic (exact) mass is 431 g/mol. The zero-order valence-corrected chi connectivity index (χ0v) is 17.3. The minimum Gasteiger partial charge on any atom is -0.463 e. The van der Waals surface area contributed by atoms with Crippen molar-refractivity contribution < 1.29 is 47.7 Å². The summed E-state index contributed by atoms with van der Waals surface area (Å²) in [6.45, 7) is 4.19. The number of ketones is 1. The minimum atomic E-state index is -1.29. The van der Waals surface area contributed by atoms with Crippen molar-refractivity contribution in [1.82, 2.24) is 0 Å². The molecule has 0 bridgehead atoms. The van der Waals surface area contributed by atoms with Crippen LogP contribution in [0.1, 0.15) is 40.5 Å². The second-order valence-electron chi connectivity index (χ2n) is 6.30. The Morgan fingerprint density at radius 2 is 1.28 bits per heavy atom. The van der Waals surface area contributed by atoms with Crippen LogP contribution < -0.4 is 0 Å². The molecule has 10 nitrogen and oxygen atoms in total. The number of carbonyl (C=O) groups is 5. The predicted molar refractivity (Wildman–Crippen MR) is 98.8 cm³/mol. The van der Waals surface area contributed by atoms with Gasteiger partial charge in [0.1, 0.15) is 24.6 Å². The van der Waals surface area contributed by atoms with E-state index in [1.165, 1.54) is 6.92 Å². The van der Waals surface area contributed by atoms with Gasteiger partial charge in [0.05, 0.1) is 0 Å². The van der Waals surface area contributed by atoms with Gasteiger partial charge in [0, 0.05) is 45.9 Å². The summed E-state index contributed by atoms with van der Waals surface area (Å²) >= 11 is 4.55. The van der Waals surface area contributed by atoms with Gasteiger partial charge in [0.15, 0.2) is 18.3 Å². The average Bonchev–Trinajstić information content (AvgIpc) is 2.57. The molecule has 1 aliphatic rings. The van der Waals surface area contributed by atoms with Gasteiger partial charge in [-0.3, -0.25) is 24.0 Å². The van der Waals surface area contributed by atoms with Crippen LogP contribution in [0.3, 0.4) is 0 Å². The van der Waals surface area contributed by atoms with Crippen LogP contribution in [-0.4, -0.2) is 72.2 Å². The van der Waals surface area contributed by atoms with Gasteiger partial charge in [-0.2, -0.15) is 0 Å². The molecule has 1 radical (unpaired) electrons. The third kappa shape index (κ3) is 8.24. The average molecular weight is 431 g/mol. The first-order chi connectivity index (χ1) is 13.5. The van der Waals surface area contributed by atoms with E-state index in [1.54, 1.807) is 0 Å². The number of carbonyl (C=O) groups excluding carboxylic acids is 5. The first-order valence-corrected chi connectivity index (χ1v) is 9.13. The van der Waals surface area contributed by atoms with Crippen molar-refractivity contribution >= 4 is 47.2 Å².